The van der Waals surface area contributed by atoms with Crippen molar-refractivity contribution in [2.24, 2.45) is 0 Å². The number of hydrogen-bond donors (Lipinski definition) is 1. The number of nitrogens with zero attached hydrogens (tertiary/aromatic N) is 1. The minimum Gasteiger partial charge on any atom is -0.483 e. The van der Waals surface area contributed by atoms with Crippen molar-refractivity contribution in [1.29, 1.82) is 0 Å². The highest BCUT2D eigenvalue weighted by atomic mass is 16.5. The molecule has 0 unspecified atom stereocenters. The third-order valence-corrected chi connectivity index (χ3v) is 6.74. The van der Waals surface area contributed by atoms with E-state index in [2.05, 4.69) is 26.1 Å². The van der Waals surface area contributed by atoms with Crippen LogP contribution in [0, 0.1) is 6.92 Å². The molecule has 1 atom stereocenters. The van der Waals surface area contributed by atoms with E-state index in [1.54, 1.807) is 4.90 Å². The van der Waals surface area contributed by atoms with Crippen molar-refractivity contribution in [3.8, 4) is 5.75 Å². The highest BCUT2D eigenvalue weighted by Crippen LogP contribution is 2.31. The molecule has 2 aromatic carbocycles. The van der Waals surface area contributed by atoms with E-state index >= 15 is 0 Å². The summed E-state index contributed by atoms with van der Waals surface area (Å²) in [6.45, 7) is 10.7. The highest BCUT2D eigenvalue weighted by molar-refractivity contribution is 5.88. The van der Waals surface area contributed by atoms with Gasteiger partial charge in [-0.2, -0.15) is 0 Å². The first-order chi connectivity index (χ1) is 16.2. The Kier molecular flexibility index (Phi) is 8.76. The van der Waals surface area contributed by atoms with E-state index in [9.17, 15) is 9.59 Å². The Morgan fingerprint density at radius 2 is 1.71 bits per heavy atom. The van der Waals surface area contributed by atoms with E-state index in [0.717, 1.165) is 42.4 Å². The van der Waals surface area contributed by atoms with Gasteiger partial charge in [0.1, 0.15) is 11.8 Å². The first-order valence-electron chi connectivity index (χ1n) is 12.6. The van der Waals surface area contributed by atoms with Gasteiger partial charge in [0.25, 0.3) is 5.91 Å². The van der Waals surface area contributed by atoms with Gasteiger partial charge in [-0.1, -0.05) is 83.0 Å². The number of aryl methyl sites for hydroxylation is 1. The van der Waals surface area contributed by atoms with Gasteiger partial charge < -0.3 is 15.0 Å². The lowest BCUT2D eigenvalue weighted by Crippen LogP contribution is -2.52. The predicted octanol–water partition coefficient (Wildman–Crippen LogP) is 5.54. The average Bonchev–Trinajstić information content (AvgIpc) is 3.31. The number of amides is 2. The molecular weight excluding hydrogens is 424 g/mol. The average molecular weight is 465 g/mol. The van der Waals surface area contributed by atoms with Crippen LogP contribution in [0.15, 0.2) is 48.5 Å². The first kappa shape index (κ1) is 25.8. The van der Waals surface area contributed by atoms with Gasteiger partial charge in [-0.25, -0.2) is 0 Å². The van der Waals surface area contributed by atoms with Crippen LogP contribution in [0.5, 0.6) is 5.75 Å². The Bertz CT molecular complexity index is 973. The molecule has 5 nitrogen and oxygen atoms in total. The molecule has 0 spiro atoms. The molecule has 0 aliphatic heterocycles. The standard InChI is InChI=1S/C29H40N2O3/c1-6-25(28(33)30-23-15-9-10-16-23)31(19-22-14-8-7-13-21(22)2)27(32)20-34-26-18-12-11-17-24(26)29(3,4)5/h7-8,11-14,17-18,23,25H,6,9-10,15-16,19-20H2,1-5H3,(H,30,33)/t25-/m0/s1. The van der Waals surface area contributed by atoms with Gasteiger partial charge in [0.05, 0.1) is 0 Å². The number of para-hydroxylation sites is 1. The van der Waals surface area contributed by atoms with Crippen LogP contribution in [0.4, 0.5) is 0 Å². The Hall–Kier alpha value is -2.82. The molecule has 0 aromatic heterocycles. The second-order valence-electron chi connectivity index (χ2n) is 10.4. The van der Waals surface area contributed by atoms with Crippen molar-refractivity contribution in [1.82, 2.24) is 10.2 Å². The van der Waals surface area contributed by atoms with Crippen molar-refractivity contribution in [3.63, 3.8) is 0 Å². The Labute approximate surface area is 204 Å². The molecule has 1 fully saturated rings. The lowest BCUT2D eigenvalue weighted by Gasteiger charge is -2.32. The second-order valence-corrected chi connectivity index (χ2v) is 10.4. The van der Waals surface area contributed by atoms with E-state index < -0.39 is 6.04 Å². The lowest BCUT2D eigenvalue weighted by molar-refractivity contribution is -0.143. The van der Waals surface area contributed by atoms with Crippen LogP contribution in [0.25, 0.3) is 0 Å². The van der Waals surface area contributed by atoms with Crippen LogP contribution >= 0.6 is 0 Å². The lowest BCUT2D eigenvalue weighted by atomic mass is 9.86. The van der Waals surface area contributed by atoms with Gasteiger partial charge in [-0.05, 0) is 54.4 Å². The molecule has 2 aromatic rings. The smallest absolute Gasteiger partial charge is 0.261 e. The normalized spacial score (nSPS) is 15.1. The van der Waals surface area contributed by atoms with E-state index in [4.69, 9.17) is 4.74 Å². The molecule has 34 heavy (non-hydrogen) atoms. The molecule has 3 rings (SSSR count). The highest BCUT2D eigenvalue weighted by Gasteiger charge is 2.31. The van der Waals surface area contributed by atoms with Gasteiger partial charge in [-0.15, -0.1) is 0 Å². The van der Waals surface area contributed by atoms with E-state index in [0.29, 0.717) is 18.7 Å². The van der Waals surface area contributed by atoms with Crippen molar-refractivity contribution in [3.05, 3.63) is 65.2 Å². The van der Waals surface area contributed by atoms with Crippen LogP contribution in [-0.2, 0) is 21.5 Å². The number of carbonyl (C=O) groups excluding carboxylic acids is 2. The summed E-state index contributed by atoms with van der Waals surface area (Å²) >= 11 is 0. The molecular formula is C29H40N2O3. The molecule has 0 saturated heterocycles. The Morgan fingerprint density at radius 1 is 1.06 bits per heavy atom. The summed E-state index contributed by atoms with van der Waals surface area (Å²) in [5.74, 6) is 0.467. The van der Waals surface area contributed by atoms with Gasteiger partial charge in [-0.3, -0.25) is 9.59 Å². The summed E-state index contributed by atoms with van der Waals surface area (Å²) in [6.07, 6.45) is 4.87. The second kappa shape index (κ2) is 11.5. The summed E-state index contributed by atoms with van der Waals surface area (Å²) < 4.78 is 6.06. The Balaban J connectivity index is 1.81. The van der Waals surface area contributed by atoms with Gasteiger partial charge in [0.2, 0.25) is 5.91 Å². The fourth-order valence-electron chi connectivity index (χ4n) is 4.69. The third kappa shape index (κ3) is 6.62. The number of nitrogens with one attached hydrogen (secondary N) is 1. The first-order valence-corrected chi connectivity index (χ1v) is 12.6. The van der Waals surface area contributed by atoms with Crippen molar-refractivity contribution in [2.75, 3.05) is 6.61 Å². The maximum atomic E-state index is 13.6. The van der Waals surface area contributed by atoms with Crippen molar-refractivity contribution >= 4 is 11.8 Å². The molecule has 0 radical (unpaired) electrons. The van der Waals surface area contributed by atoms with E-state index in [1.165, 1.54) is 0 Å². The molecule has 1 N–H and O–H groups in total. The number of rotatable bonds is 9. The maximum absolute atomic E-state index is 13.6. The summed E-state index contributed by atoms with van der Waals surface area (Å²) in [6, 6.07) is 15.5. The van der Waals surface area contributed by atoms with E-state index in [1.807, 2.05) is 62.4 Å². The summed E-state index contributed by atoms with van der Waals surface area (Å²) in [7, 11) is 0. The zero-order chi connectivity index (χ0) is 24.7. The van der Waals surface area contributed by atoms with Crippen LogP contribution in [0.3, 0.4) is 0 Å². The predicted molar refractivity (Wildman–Crippen MR) is 137 cm³/mol. The molecule has 184 valence electrons. The van der Waals surface area contributed by atoms with Gasteiger partial charge >= 0.3 is 0 Å². The van der Waals surface area contributed by atoms with Crippen molar-refractivity contribution in [2.45, 2.75) is 90.8 Å². The van der Waals surface area contributed by atoms with Gasteiger partial charge in [0.15, 0.2) is 6.61 Å². The Morgan fingerprint density at radius 3 is 2.35 bits per heavy atom. The monoisotopic (exact) mass is 464 g/mol. The summed E-state index contributed by atoms with van der Waals surface area (Å²) in [5, 5.41) is 3.19. The minimum atomic E-state index is -0.533. The number of ether oxygens (including phenoxy) is 1. The zero-order valence-electron chi connectivity index (χ0n) is 21.4. The fourth-order valence-corrected chi connectivity index (χ4v) is 4.69. The third-order valence-electron chi connectivity index (χ3n) is 6.74. The van der Waals surface area contributed by atoms with Gasteiger partial charge in [0, 0.05) is 12.6 Å². The summed E-state index contributed by atoms with van der Waals surface area (Å²) in [4.78, 5) is 28.5. The molecule has 0 heterocycles. The SMILES string of the molecule is CC[C@@H](C(=O)NC1CCCC1)N(Cc1ccccc1C)C(=O)COc1ccccc1C(C)(C)C. The molecule has 5 heteroatoms. The van der Waals surface area contributed by atoms with Crippen LogP contribution in [0.2, 0.25) is 0 Å². The minimum absolute atomic E-state index is 0.0635. The van der Waals surface area contributed by atoms with Crippen molar-refractivity contribution < 1.29 is 14.3 Å². The number of carbonyl (C=O) groups is 2. The van der Waals surface area contributed by atoms with Crippen LogP contribution < -0.4 is 10.1 Å². The molecule has 1 aliphatic carbocycles. The van der Waals surface area contributed by atoms with E-state index in [-0.39, 0.29) is 29.9 Å². The number of benzene rings is 2. The zero-order valence-corrected chi connectivity index (χ0v) is 21.4. The van der Waals surface area contributed by atoms with Crippen LogP contribution in [-0.4, -0.2) is 35.4 Å². The topological polar surface area (TPSA) is 58.6 Å². The maximum Gasteiger partial charge on any atom is 0.261 e. The summed E-state index contributed by atoms with van der Waals surface area (Å²) in [5.41, 5.74) is 3.09. The largest absolute Gasteiger partial charge is 0.483 e. The quantitative estimate of drug-likeness (QED) is 0.530. The van der Waals surface area contributed by atoms with Crippen LogP contribution in [0.1, 0.15) is 76.5 Å². The fraction of sp³-hybridized carbons (Fsp3) is 0.517. The molecule has 1 saturated carbocycles. The molecule has 0 bridgehead atoms. The molecule has 1 aliphatic rings. The number of hydrogen-bond acceptors (Lipinski definition) is 3. The molecule has 2 amide bonds.